The summed E-state index contributed by atoms with van der Waals surface area (Å²) in [6.07, 6.45) is 7.73. The summed E-state index contributed by atoms with van der Waals surface area (Å²) in [4.78, 5) is 5.30. The molecule has 3 heteroatoms. The van der Waals surface area contributed by atoms with Crippen molar-refractivity contribution >= 4 is 10.2 Å². The van der Waals surface area contributed by atoms with Crippen LogP contribution in [0.3, 0.4) is 0 Å². The monoisotopic (exact) mass is 210 g/mol. The maximum absolute atomic E-state index is 4.07. The van der Waals surface area contributed by atoms with Gasteiger partial charge in [0.15, 0.2) is 0 Å². The molecule has 2 fully saturated rings. The van der Waals surface area contributed by atoms with Gasteiger partial charge in [-0.05, 0) is 51.9 Å². The molecule has 0 amide bonds. The maximum atomic E-state index is 4.07. The van der Waals surface area contributed by atoms with Crippen LogP contribution in [0.2, 0.25) is 0 Å². The lowest BCUT2D eigenvalue weighted by atomic mass is 10.3. The summed E-state index contributed by atoms with van der Waals surface area (Å²) in [7, 11) is 1.19. The van der Waals surface area contributed by atoms with Gasteiger partial charge in [-0.3, -0.25) is 9.80 Å². The van der Waals surface area contributed by atoms with Gasteiger partial charge in [-0.15, -0.1) is 6.58 Å². The minimum atomic E-state index is 0.271. The summed E-state index contributed by atoms with van der Waals surface area (Å²) in [5.74, 6) is 0. The summed E-state index contributed by atoms with van der Waals surface area (Å²) in [5.41, 5.74) is 0. The van der Waals surface area contributed by atoms with Crippen LogP contribution in [0.5, 0.6) is 0 Å². The first kappa shape index (κ1) is 10.4. The Hall–Kier alpha value is -0.123. The fourth-order valence-electron chi connectivity index (χ4n) is 2.80. The first-order chi connectivity index (χ1) is 6.77. The van der Waals surface area contributed by atoms with Gasteiger partial charge in [0.2, 0.25) is 0 Å². The summed E-state index contributed by atoms with van der Waals surface area (Å²) in [6.45, 7) is 9.21. The van der Waals surface area contributed by atoms with E-state index in [1.165, 1.54) is 62.1 Å². The lowest BCUT2D eigenvalue weighted by molar-refractivity contribution is 0.0799. The zero-order chi connectivity index (χ0) is 10.0. The number of likely N-dealkylation sites (tertiary alicyclic amines) is 2. The molecule has 0 aromatic carbocycles. The van der Waals surface area contributed by atoms with Crippen LogP contribution in [0.4, 0.5) is 0 Å². The molecule has 2 rings (SSSR count). The van der Waals surface area contributed by atoms with Gasteiger partial charge in [-0.2, -0.15) is 0 Å². The molecule has 0 atom stereocenters. The van der Waals surface area contributed by atoms with Crippen LogP contribution >= 0.6 is 0 Å². The molecule has 0 saturated carbocycles. The molecule has 0 unspecified atom stereocenters. The van der Waals surface area contributed by atoms with Crippen molar-refractivity contribution < 1.29 is 0 Å². The molecule has 0 aliphatic carbocycles. The zero-order valence-electron chi connectivity index (χ0n) is 9.34. The average Bonchev–Trinajstić information content (AvgIpc) is 2.88. The van der Waals surface area contributed by atoms with E-state index in [1.54, 1.807) is 0 Å². The van der Waals surface area contributed by atoms with Crippen LogP contribution in [-0.2, 0) is 0 Å². The van der Waals surface area contributed by atoms with Crippen LogP contribution < -0.4 is 0 Å². The van der Waals surface area contributed by atoms with Gasteiger partial charge in [0.05, 0.1) is 15.5 Å². The van der Waals surface area contributed by atoms with Gasteiger partial charge in [0.1, 0.15) is 0 Å². The van der Waals surface area contributed by atoms with Crippen molar-refractivity contribution in [1.82, 2.24) is 9.80 Å². The van der Waals surface area contributed by atoms with Crippen molar-refractivity contribution in [3.8, 4) is 0 Å². The Morgan fingerprint density at radius 1 is 0.929 bits per heavy atom. The Morgan fingerprint density at radius 2 is 1.29 bits per heavy atom. The summed E-state index contributed by atoms with van der Waals surface area (Å²) in [5, 5.41) is 0.271. The number of hydrogen-bond acceptors (Lipinski definition) is 2. The van der Waals surface area contributed by atoms with Crippen molar-refractivity contribution in [1.29, 1.82) is 0 Å². The second kappa shape index (κ2) is 4.17. The molecule has 2 saturated heterocycles. The second-order valence-electron chi connectivity index (χ2n) is 4.69. The van der Waals surface area contributed by atoms with Crippen LogP contribution in [-0.4, -0.2) is 51.5 Å². The molecule has 0 N–H and O–H groups in total. The van der Waals surface area contributed by atoms with Crippen molar-refractivity contribution in [2.75, 3.05) is 26.2 Å². The van der Waals surface area contributed by atoms with E-state index >= 15 is 0 Å². The van der Waals surface area contributed by atoms with Gasteiger partial charge in [0.25, 0.3) is 0 Å². The summed E-state index contributed by atoms with van der Waals surface area (Å²) in [6, 6.07) is 0. The topological polar surface area (TPSA) is 6.48 Å². The third-order valence-electron chi connectivity index (χ3n) is 3.88. The molecular weight excluding hydrogens is 188 g/mol. The highest BCUT2D eigenvalue weighted by molar-refractivity contribution is 6.16. The molecule has 80 valence electrons. The first-order valence-corrected chi connectivity index (χ1v) is 6.91. The predicted molar refractivity (Wildman–Crippen MR) is 64.5 cm³/mol. The van der Waals surface area contributed by atoms with E-state index in [0.717, 1.165) is 0 Å². The third-order valence-corrected chi connectivity index (χ3v) is 5.55. The maximum Gasteiger partial charge on any atom is 0.0699 e. The lowest BCUT2D eigenvalue weighted by Crippen LogP contribution is -2.58. The van der Waals surface area contributed by atoms with Crippen molar-refractivity contribution in [2.24, 2.45) is 0 Å². The molecule has 0 spiro atoms. The molecule has 0 aromatic rings. The smallest absolute Gasteiger partial charge is 0.0699 e. The van der Waals surface area contributed by atoms with Gasteiger partial charge >= 0.3 is 0 Å². The van der Waals surface area contributed by atoms with Gasteiger partial charge in [-0.1, -0.05) is 6.08 Å². The van der Waals surface area contributed by atoms with Crippen LogP contribution in [0.1, 0.15) is 25.7 Å². The SMILES string of the molecule is C=CC([SiH3])(N1CCCC1)N1CCCC1. The Kier molecular flexibility index (Phi) is 3.09. The average molecular weight is 210 g/mol. The van der Waals surface area contributed by atoms with Crippen molar-refractivity contribution in [3.05, 3.63) is 12.7 Å². The largest absolute Gasteiger partial charge is 0.286 e. The van der Waals surface area contributed by atoms with Gasteiger partial charge in [0, 0.05) is 0 Å². The fourth-order valence-corrected chi connectivity index (χ4v) is 3.69. The molecule has 2 aliphatic heterocycles. The normalized spacial score (nSPS) is 26.0. The van der Waals surface area contributed by atoms with Crippen LogP contribution in [0, 0.1) is 0 Å². The lowest BCUT2D eigenvalue weighted by Gasteiger charge is -2.44. The van der Waals surface area contributed by atoms with Crippen LogP contribution in [0.15, 0.2) is 12.7 Å². The number of nitrogens with zero attached hydrogens (tertiary/aromatic N) is 2. The summed E-state index contributed by atoms with van der Waals surface area (Å²) >= 11 is 0. The van der Waals surface area contributed by atoms with E-state index in [4.69, 9.17) is 0 Å². The van der Waals surface area contributed by atoms with E-state index < -0.39 is 0 Å². The van der Waals surface area contributed by atoms with Crippen LogP contribution in [0.25, 0.3) is 0 Å². The highest BCUT2D eigenvalue weighted by Gasteiger charge is 2.37. The molecule has 2 heterocycles. The van der Waals surface area contributed by atoms with Crippen molar-refractivity contribution in [2.45, 2.75) is 31.0 Å². The highest BCUT2D eigenvalue weighted by atomic mass is 28.1. The van der Waals surface area contributed by atoms with E-state index in [1.807, 2.05) is 0 Å². The van der Waals surface area contributed by atoms with Crippen molar-refractivity contribution in [3.63, 3.8) is 0 Å². The zero-order valence-corrected chi connectivity index (χ0v) is 11.3. The molecule has 14 heavy (non-hydrogen) atoms. The van der Waals surface area contributed by atoms with E-state index in [9.17, 15) is 0 Å². The van der Waals surface area contributed by atoms with E-state index in [2.05, 4.69) is 22.5 Å². The minimum absolute atomic E-state index is 0.271. The van der Waals surface area contributed by atoms with E-state index in [-0.39, 0.29) is 5.29 Å². The Bertz CT molecular complexity index is 189. The second-order valence-corrected chi connectivity index (χ2v) is 6.16. The summed E-state index contributed by atoms with van der Waals surface area (Å²) < 4.78 is 0. The fraction of sp³-hybridized carbons (Fsp3) is 0.818. The molecule has 2 nitrogen and oxygen atoms in total. The van der Waals surface area contributed by atoms with Gasteiger partial charge in [-0.25, -0.2) is 0 Å². The Labute approximate surface area is 90.4 Å². The quantitative estimate of drug-likeness (QED) is 0.491. The first-order valence-electron chi connectivity index (χ1n) is 5.91. The Morgan fingerprint density at radius 3 is 1.57 bits per heavy atom. The molecule has 0 aromatic heterocycles. The van der Waals surface area contributed by atoms with Gasteiger partial charge < -0.3 is 0 Å². The third kappa shape index (κ3) is 1.69. The highest BCUT2D eigenvalue weighted by Crippen LogP contribution is 2.27. The number of rotatable bonds is 3. The molecular formula is C11H22N2Si. The van der Waals surface area contributed by atoms with E-state index in [0.29, 0.717) is 0 Å². The molecule has 0 bridgehead atoms. The standard InChI is InChI=1S/C11H22N2Si/c1-2-11(14,12-7-3-4-8-12)13-9-5-6-10-13/h2H,1,3-10H2,14H3. The Balaban J connectivity index is 2.09. The molecule has 2 aliphatic rings. The molecule has 0 radical (unpaired) electrons. The predicted octanol–water partition coefficient (Wildman–Crippen LogP) is 0.383. The minimum Gasteiger partial charge on any atom is -0.286 e. The number of hydrogen-bond donors (Lipinski definition) is 0.